The number of carbonyl (C=O) groups is 2. The van der Waals surface area contributed by atoms with Gasteiger partial charge in [-0.05, 0) is 12.1 Å². The van der Waals surface area contributed by atoms with Crippen molar-refractivity contribution in [3.63, 3.8) is 0 Å². The third-order valence-corrected chi connectivity index (χ3v) is 3.17. The Morgan fingerprint density at radius 1 is 1.56 bits per heavy atom. The Morgan fingerprint density at radius 2 is 2.28 bits per heavy atom. The maximum Gasteiger partial charge on any atom is 0.311 e. The van der Waals surface area contributed by atoms with Gasteiger partial charge in [-0.25, -0.2) is 4.39 Å². The van der Waals surface area contributed by atoms with E-state index < -0.39 is 17.7 Å². The van der Waals surface area contributed by atoms with Gasteiger partial charge in [0, 0.05) is 13.0 Å². The molecule has 0 aliphatic carbocycles. The minimum Gasteiger partial charge on any atom is -0.469 e. The summed E-state index contributed by atoms with van der Waals surface area (Å²) in [6.45, 7) is 0.114. The first-order valence-corrected chi connectivity index (χ1v) is 5.74. The summed E-state index contributed by atoms with van der Waals surface area (Å²) in [4.78, 5) is 24.4. The van der Waals surface area contributed by atoms with Crippen LogP contribution in [-0.2, 0) is 14.3 Å². The minimum atomic E-state index is -0.655. The van der Waals surface area contributed by atoms with Gasteiger partial charge in [0.25, 0.3) is 0 Å². The molecule has 1 aliphatic heterocycles. The summed E-state index contributed by atoms with van der Waals surface area (Å²) in [5.74, 6) is -1.99. The molecule has 0 radical (unpaired) electrons. The predicted octanol–water partition coefficient (Wildman–Crippen LogP) is 2.00. The Kier molecular flexibility index (Phi) is 3.52. The first kappa shape index (κ1) is 12.8. The van der Waals surface area contributed by atoms with Gasteiger partial charge < -0.3 is 9.64 Å². The highest BCUT2D eigenvalue weighted by Crippen LogP contribution is 2.30. The largest absolute Gasteiger partial charge is 0.469 e. The number of esters is 1. The normalized spacial score (nSPS) is 19.2. The molecular formula is C12H11ClFNO3. The lowest BCUT2D eigenvalue weighted by atomic mass is 10.1. The molecule has 18 heavy (non-hydrogen) atoms. The third-order valence-electron chi connectivity index (χ3n) is 2.88. The van der Waals surface area contributed by atoms with Crippen LogP contribution in [0.2, 0.25) is 5.02 Å². The van der Waals surface area contributed by atoms with Gasteiger partial charge in [-0.3, -0.25) is 9.59 Å². The van der Waals surface area contributed by atoms with E-state index in [-0.39, 0.29) is 29.6 Å². The van der Waals surface area contributed by atoms with E-state index in [1.54, 1.807) is 6.07 Å². The molecular weight excluding hydrogens is 261 g/mol. The van der Waals surface area contributed by atoms with Crippen molar-refractivity contribution >= 4 is 29.2 Å². The van der Waals surface area contributed by atoms with Crippen LogP contribution in [0.15, 0.2) is 18.2 Å². The monoisotopic (exact) mass is 271 g/mol. The highest BCUT2D eigenvalue weighted by Gasteiger charge is 2.37. The molecule has 0 N–H and O–H groups in total. The second-order valence-corrected chi connectivity index (χ2v) is 4.41. The van der Waals surface area contributed by atoms with Crippen LogP contribution in [0.3, 0.4) is 0 Å². The van der Waals surface area contributed by atoms with Crippen molar-refractivity contribution in [2.24, 2.45) is 5.92 Å². The first-order valence-electron chi connectivity index (χ1n) is 5.36. The molecule has 2 rings (SSSR count). The molecule has 0 aromatic heterocycles. The lowest BCUT2D eigenvalue weighted by Crippen LogP contribution is -2.27. The number of ether oxygens (including phenoxy) is 1. The van der Waals surface area contributed by atoms with Crippen LogP contribution >= 0.6 is 11.6 Å². The Morgan fingerprint density at radius 3 is 2.94 bits per heavy atom. The summed E-state index contributed by atoms with van der Waals surface area (Å²) in [6, 6.07) is 4.41. The van der Waals surface area contributed by atoms with Gasteiger partial charge in [-0.2, -0.15) is 0 Å². The maximum atomic E-state index is 13.8. The zero-order valence-electron chi connectivity index (χ0n) is 9.65. The highest BCUT2D eigenvalue weighted by molar-refractivity contribution is 6.31. The van der Waals surface area contributed by atoms with Crippen LogP contribution in [0.25, 0.3) is 0 Å². The summed E-state index contributed by atoms with van der Waals surface area (Å²) >= 11 is 5.66. The van der Waals surface area contributed by atoms with E-state index >= 15 is 0 Å². The Balaban J connectivity index is 2.27. The fourth-order valence-corrected chi connectivity index (χ4v) is 2.14. The van der Waals surface area contributed by atoms with Gasteiger partial charge in [0.15, 0.2) is 5.82 Å². The number of hydrogen-bond donors (Lipinski definition) is 0. The van der Waals surface area contributed by atoms with Crippen molar-refractivity contribution in [1.29, 1.82) is 0 Å². The van der Waals surface area contributed by atoms with Gasteiger partial charge in [-0.1, -0.05) is 17.7 Å². The predicted molar refractivity (Wildman–Crippen MR) is 63.9 cm³/mol. The summed E-state index contributed by atoms with van der Waals surface area (Å²) < 4.78 is 18.4. The molecule has 1 unspecified atom stereocenters. The molecule has 1 aliphatic rings. The number of hydrogen-bond acceptors (Lipinski definition) is 3. The van der Waals surface area contributed by atoms with Gasteiger partial charge in [-0.15, -0.1) is 0 Å². The Hall–Kier alpha value is -1.62. The molecule has 1 aromatic rings. The molecule has 0 spiro atoms. The summed E-state index contributed by atoms with van der Waals surface area (Å²) in [6.07, 6.45) is 0.0264. The second kappa shape index (κ2) is 4.94. The zero-order chi connectivity index (χ0) is 13.3. The lowest BCUT2D eigenvalue weighted by Gasteiger charge is -2.17. The van der Waals surface area contributed by atoms with Crippen molar-refractivity contribution in [2.45, 2.75) is 6.42 Å². The molecule has 1 saturated heterocycles. The molecule has 0 bridgehead atoms. The second-order valence-electron chi connectivity index (χ2n) is 4.00. The van der Waals surface area contributed by atoms with Crippen LogP contribution in [0.5, 0.6) is 0 Å². The number of anilines is 1. The molecule has 6 heteroatoms. The van der Waals surface area contributed by atoms with Crippen LogP contribution in [-0.4, -0.2) is 25.5 Å². The number of halogens is 2. The fourth-order valence-electron chi connectivity index (χ4n) is 1.97. The van der Waals surface area contributed by atoms with Crippen molar-refractivity contribution in [3.8, 4) is 0 Å². The van der Waals surface area contributed by atoms with Gasteiger partial charge in [0.2, 0.25) is 5.91 Å². The van der Waals surface area contributed by atoms with Crippen LogP contribution < -0.4 is 4.90 Å². The zero-order valence-corrected chi connectivity index (χ0v) is 10.4. The number of rotatable bonds is 2. The van der Waals surface area contributed by atoms with E-state index in [4.69, 9.17) is 11.6 Å². The van der Waals surface area contributed by atoms with Crippen LogP contribution in [0, 0.1) is 11.7 Å². The molecule has 1 amide bonds. The van der Waals surface area contributed by atoms with Crippen molar-refractivity contribution < 1.29 is 18.7 Å². The maximum absolute atomic E-state index is 13.8. The molecule has 96 valence electrons. The number of carbonyl (C=O) groups excluding carboxylic acids is 2. The quantitative estimate of drug-likeness (QED) is 0.773. The number of methoxy groups -OCH3 is 1. The van der Waals surface area contributed by atoms with E-state index in [2.05, 4.69) is 4.74 Å². The Bertz CT molecular complexity index is 506. The molecule has 4 nitrogen and oxygen atoms in total. The highest BCUT2D eigenvalue weighted by atomic mass is 35.5. The minimum absolute atomic E-state index is 0.0264. The molecule has 0 saturated carbocycles. The number of nitrogens with zero attached hydrogens (tertiary/aromatic N) is 1. The first-order chi connectivity index (χ1) is 8.54. The van der Waals surface area contributed by atoms with Gasteiger partial charge >= 0.3 is 5.97 Å². The average Bonchev–Trinajstić information content (AvgIpc) is 2.74. The molecule has 1 fully saturated rings. The van der Waals surface area contributed by atoms with Crippen LogP contribution in [0.4, 0.5) is 10.1 Å². The molecule has 1 atom stereocenters. The average molecular weight is 272 g/mol. The summed E-state index contributed by atoms with van der Waals surface area (Å²) in [7, 11) is 1.26. The summed E-state index contributed by atoms with van der Waals surface area (Å²) in [5.41, 5.74) is 0.0962. The number of benzene rings is 1. The van der Waals surface area contributed by atoms with E-state index in [0.717, 1.165) is 0 Å². The van der Waals surface area contributed by atoms with Gasteiger partial charge in [0.05, 0.1) is 23.7 Å². The summed E-state index contributed by atoms with van der Waals surface area (Å²) in [5, 5.41) is -0.0539. The smallest absolute Gasteiger partial charge is 0.311 e. The fraction of sp³-hybridized carbons (Fsp3) is 0.333. The van der Waals surface area contributed by atoms with Crippen molar-refractivity contribution in [2.75, 3.05) is 18.6 Å². The van der Waals surface area contributed by atoms with Gasteiger partial charge in [0.1, 0.15) is 0 Å². The van der Waals surface area contributed by atoms with E-state index in [1.165, 1.54) is 24.1 Å². The van der Waals surface area contributed by atoms with E-state index in [0.29, 0.717) is 0 Å². The molecule has 1 heterocycles. The topological polar surface area (TPSA) is 46.6 Å². The lowest BCUT2D eigenvalue weighted by molar-refractivity contribution is -0.145. The van der Waals surface area contributed by atoms with Crippen molar-refractivity contribution in [3.05, 3.63) is 29.0 Å². The standard InChI is InChI=1S/C12H11ClFNO3/c1-18-12(17)7-5-10(16)15(6-7)9-4-2-3-8(13)11(9)14/h2-4,7H,5-6H2,1H3. The third kappa shape index (κ3) is 2.18. The Labute approximate surface area is 108 Å². The number of amides is 1. The van der Waals surface area contributed by atoms with E-state index in [9.17, 15) is 14.0 Å². The van der Waals surface area contributed by atoms with Crippen molar-refractivity contribution in [1.82, 2.24) is 0 Å². The molecule has 1 aromatic carbocycles. The van der Waals surface area contributed by atoms with Crippen LogP contribution in [0.1, 0.15) is 6.42 Å². The van der Waals surface area contributed by atoms with E-state index in [1.807, 2.05) is 0 Å². The SMILES string of the molecule is COC(=O)C1CC(=O)N(c2cccc(Cl)c2F)C1.